The van der Waals surface area contributed by atoms with Crippen LogP contribution >= 0.6 is 0 Å². The molecule has 0 aromatic heterocycles. The zero-order valence-corrected chi connectivity index (χ0v) is 9.12. The molecule has 88 valence electrons. The van der Waals surface area contributed by atoms with Gasteiger partial charge in [0.2, 0.25) is 0 Å². The Balaban J connectivity index is 2.45. The van der Waals surface area contributed by atoms with Gasteiger partial charge in [-0.2, -0.15) is 0 Å². The van der Waals surface area contributed by atoms with Gasteiger partial charge in [0.15, 0.2) is 0 Å². The maximum absolute atomic E-state index is 11.9. The number of non-ortho nitro benzene ring substituents is 1. The first kappa shape index (κ1) is 10.5. The van der Waals surface area contributed by atoms with Gasteiger partial charge in [0.05, 0.1) is 10.5 Å². The second-order valence-electron chi connectivity index (χ2n) is 3.87. The van der Waals surface area contributed by atoms with E-state index in [1.165, 1.54) is 12.1 Å². The molecule has 18 heavy (non-hydrogen) atoms. The third-order valence-corrected chi connectivity index (χ3v) is 2.77. The highest BCUT2D eigenvalue weighted by Crippen LogP contribution is 2.27. The number of hydrogen-bond donors (Lipinski definition) is 0. The smallest absolute Gasteiger partial charge is 0.317 e. The van der Waals surface area contributed by atoms with E-state index in [0.29, 0.717) is 11.3 Å². The largest absolute Gasteiger partial charge is 0.456 e. The number of nitro groups is 1. The monoisotopic (exact) mass is 241 g/mol. The molecular formula is C13H7NO4. The van der Waals surface area contributed by atoms with Crippen LogP contribution in [-0.2, 0) is 0 Å². The lowest BCUT2D eigenvalue weighted by Gasteiger charge is -2.05. The van der Waals surface area contributed by atoms with Gasteiger partial charge in [0.25, 0.3) is 5.43 Å². The van der Waals surface area contributed by atoms with Crippen LogP contribution in [0.1, 0.15) is 0 Å². The van der Waals surface area contributed by atoms with Gasteiger partial charge in [-0.25, -0.2) is 0 Å². The van der Waals surface area contributed by atoms with Crippen molar-refractivity contribution in [2.24, 2.45) is 0 Å². The van der Waals surface area contributed by atoms with Gasteiger partial charge in [-0.05, 0) is 18.2 Å². The molecule has 1 heterocycles. The van der Waals surface area contributed by atoms with Crippen LogP contribution < -0.4 is 5.43 Å². The molecule has 0 saturated carbocycles. The molecule has 0 saturated heterocycles. The van der Waals surface area contributed by atoms with Gasteiger partial charge >= 0.3 is 5.69 Å². The number of rotatable bonds is 1. The molecule has 0 fully saturated rings. The van der Waals surface area contributed by atoms with Crippen molar-refractivity contribution >= 4 is 16.7 Å². The quantitative estimate of drug-likeness (QED) is 0.373. The van der Waals surface area contributed by atoms with E-state index >= 15 is 0 Å². The lowest BCUT2D eigenvalue weighted by Crippen LogP contribution is -2.10. The summed E-state index contributed by atoms with van der Waals surface area (Å²) in [6.45, 7) is 0. The minimum Gasteiger partial charge on any atom is -0.456 e. The molecule has 2 aliphatic rings. The zero-order valence-electron chi connectivity index (χ0n) is 9.12. The number of nitrogens with zero attached hydrogens (tertiary/aromatic N) is 1. The normalized spacial score (nSPS) is 10.9. The highest BCUT2D eigenvalue weighted by molar-refractivity contribution is 5.83. The summed E-state index contributed by atoms with van der Waals surface area (Å²) in [5.74, 6) is 0.351. The highest BCUT2D eigenvalue weighted by atomic mass is 16.6. The van der Waals surface area contributed by atoms with E-state index in [1.807, 2.05) is 12.1 Å². The Morgan fingerprint density at radius 3 is 2.67 bits per heavy atom. The number of fused-ring (bicyclic) bond motifs is 2. The standard InChI is InChI=1S/C13H7NO4/c15-13-9-7-8-3-1-2-4-11(8)18-12(9)6-5-10(13)14(16)17/h1-7H. The minimum absolute atomic E-state index is 0.225. The van der Waals surface area contributed by atoms with Crippen molar-refractivity contribution in [1.29, 1.82) is 0 Å². The van der Waals surface area contributed by atoms with Crippen LogP contribution in [0.5, 0.6) is 0 Å². The zero-order chi connectivity index (χ0) is 12.7. The molecule has 5 nitrogen and oxygen atoms in total. The number of benzene rings is 2. The van der Waals surface area contributed by atoms with Crippen LogP contribution in [0.25, 0.3) is 22.3 Å². The molecule has 0 amide bonds. The van der Waals surface area contributed by atoms with Gasteiger partial charge in [-0.3, -0.25) is 14.9 Å². The first-order valence-electron chi connectivity index (χ1n) is 5.27. The number of hydrogen-bond acceptors (Lipinski definition) is 4. The van der Waals surface area contributed by atoms with Crippen molar-refractivity contribution in [1.82, 2.24) is 0 Å². The first-order valence-corrected chi connectivity index (χ1v) is 5.27. The van der Waals surface area contributed by atoms with E-state index in [2.05, 4.69) is 0 Å². The second kappa shape index (κ2) is 3.66. The fourth-order valence-corrected chi connectivity index (χ4v) is 1.91. The van der Waals surface area contributed by atoms with Gasteiger partial charge in [0, 0.05) is 11.5 Å². The summed E-state index contributed by atoms with van der Waals surface area (Å²) in [4.78, 5) is 21.9. The molecule has 5 heteroatoms. The summed E-state index contributed by atoms with van der Waals surface area (Å²) in [7, 11) is 0. The summed E-state index contributed by atoms with van der Waals surface area (Å²) in [6, 6.07) is 11.4. The van der Waals surface area contributed by atoms with Crippen LogP contribution in [0.3, 0.4) is 0 Å². The summed E-state index contributed by atoms with van der Waals surface area (Å²) in [5, 5.41) is 11.4. The maximum atomic E-state index is 11.9. The Morgan fingerprint density at radius 1 is 1.11 bits per heavy atom. The average Bonchev–Trinajstić information content (AvgIpc) is 2.37. The lowest BCUT2D eigenvalue weighted by molar-refractivity contribution is -0.385. The summed E-state index contributed by atoms with van der Waals surface area (Å²) in [6.07, 6.45) is 0. The first-order chi connectivity index (χ1) is 8.66. The molecule has 0 atom stereocenters. The SMILES string of the molecule is O=c1c2cc3ccccc3oc-2ccc1[N+](=O)[O-]. The summed E-state index contributed by atoms with van der Waals surface area (Å²) < 4.78 is 5.54. The van der Waals surface area contributed by atoms with Gasteiger partial charge < -0.3 is 4.42 Å². The molecule has 0 bridgehead atoms. The molecule has 0 spiro atoms. The highest BCUT2D eigenvalue weighted by Gasteiger charge is 2.19. The predicted molar refractivity (Wildman–Crippen MR) is 65.8 cm³/mol. The molecule has 1 aromatic carbocycles. The molecule has 0 N–H and O–H groups in total. The number of nitro benzene ring substituents is 1. The predicted octanol–water partition coefficient (Wildman–Crippen LogP) is 2.81. The third kappa shape index (κ3) is 1.45. The van der Waals surface area contributed by atoms with Crippen molar-refractivity contribution in [3.63, 3.8) is 0 Å². The van der Waals surface area contributed by atoms with Crippen molar-refractivity contribution in [2.45, 2.75) is 0 Å². The average molecular weight is 241 g/mol. The Hall–Kier alpha value is -2.69. The second-order valence-corrected chi connectivity index (χ2v) is 3.87. The molecule has 1 aliphatic heterocycles. The van der Waals surface area contributed by atoms with Crippen molar-refractivity contribution in [2.75, 3.05) is 0 Å². The topological polar surface area (TPSA) is 73.3 Å². The van der Waals surface area contributed by atoms with Crippen LogP contribution in [-0.4, -0.2) is 4.92 Å². The summed E-state index contributed by atoms with van der Waals surface area (Å²) in [5.41, 5.74) is -0.193. The minimum atomic E-state index is -0.684. The Labute approximate surface area is 101 Å². The van der Waals surface area contributed by atoms with E-state index < -0.39 is 16.0 Å². The van der Waals surface area contributed by atoms with E-state index in [4.69, 9.17) is 4.42 Å². The van der Waals surface area contributed by atoms with E-state index in [-0.39, 0.29) is 5.56 Å². The van der Waals surface area contributed by atoms with Crippen LogP contribution in [0, 0.1) is 10.1 Å². The van der Waals surface area contributed by atoms with Crippen molar-refractivity contribution < 1.29 is 9.34 Å². The molecule has 3 rings (SSSR count). The van der Waals surface area contributed by atoms with Gasteiger partial charge in [-0.15, -0.1) is 0 Å². The fraction of sp³-hybridized carbons (Fsp3) is 0. The van der Waals surface area contributed by atoms with E-state index in [9.17, 15) is 14.9 Å². The maximum Gasteiger partial charge on any atom is 0.317 e. The summed E-state index contributed by atoms with van der Waals surface area (Å²) >= 11 is 0. The van der Waals surface area contributed by atoms with E-state index in [0.717, 1.165) is 5.39 Å². The van der Waals surface area contributed by atoms with Gasteiger partial charge in [0.1, 0.15) is 11.3 Å². The molecule has 0 unspecified atom stereocenters. The van der Waals surface area contributed by atoms with Crippen molar-refractivity contribution in [3.05, 3.63) is 62.8 Å². The lowest BCUT2D eigenvalue weighted by atomic mass is 10.1. The molecular weight excluding hydrogens is 234 g/mol. The van der Waals surface area contributed by atoms with E-state index in [1.54, 1.807) is 18.2 Å². The Bertz CT molecular complexity index is 791. The number of para-hydroxylation sites is 1. The van der Waals surface area contributed by atoms with Crippen LogP contribution in [0.4, 0.5) is 5.69 Å². The Kier molecular flexibility index (Phi) is 2.13. The third-order valence-electron chi connectivity index (χ3n) is 2.77. The molecule has 0 radical (unpaired) electrons. The van der Waals surface area contributed by atoms with Crippen LogP contribution in [0.15, 0.2) is 51.7 Å². The Morgan fingerprint density at radius 2 is 1.89 bits per heavy atom. The van der Waals surface area contributed by atoms with Gasteiger partial charge in [-0.1, -0.05) is 18.2 Å². The molecule has 1 aromatic rings. The van der Waals surface area contributed by atoms with Crippen LogP contribution in [0.2, 0.25) is 0 Å². The molecule has 1 aliphatic carbocycles. The van der Waals surface area contributed by atoms with Crippen molar-refractivity contribution in [3.8, 4) is 11.3 Å². The fourth-order valence-electron chi connectivity index (χ4n) is 1.91.